The number of nitrogens with two attached hydrogens (primary N) is 2. The van der Waals surface area contributed by atoms with E-state index in [4.69, 9.17) is 20.9 Å². The second-order valence-electron chi connectivity index (χ2n) is 14.1. The Labute approximate surface area is 317 Å². The number of aliphatic hydroxyl groups excluding tert-OH is 2. The molecular weight excluding hydrogens is 693 g/mol. The molecule has 0 aliphatic carbocycles. The number of benzene rings is 2. The lowest BCUT2D eigenvalue weighted by Gasteiger charge is -2.17. The van der Waals surface area contributed by atoms with E-state index in [2.05, 4.69) is 24.3 Å². The van der Waals surface area contributed by atoms with Crippen LogP contribution in [0.15, 0.2) is 84.9 Å². The number of carbonyl (C=O) groups is 2. The minimum atomic E-state index is -1.02. The second-order valence-corrected chi connectivity index (χ2v) is 16.4. The van der Waals surface area contributed by atoms with Gasteiger partial charge in [-0.05, 0) is 98.6 Å². The monoisotopic (exact) mass is 748 g/mol. The van der Waals surface area contributed by atoms with Gasteiger partial charge in [0.25, 0.3) is 0 Å². The Morgan fingerprint density at radius 3 is 1.33 bits per heavy atom. The molecule has 10 heteroatoms. The molecule has 4 unspecified atom stereocenters. The quantitative estimate of drug-likeness (QED) is 0.0356. The Morgan fingerprint density at radius 1 is 0.577 bits per heavy atom. The summed E-state index contributed by atoms with van der Waals surface area (Å²) in [7, 11) is 0. The largest absolute Gasteiger partial charge is 0.457 e. The van der Waals surface area contributed by atoms with Crippen molar-refractivity contribution in [2.45, 2.75) is 102 Å². The summed E-state index contributed by atoms with van der Waals surface area (Å²) in [5.41, 5.74) is 15.5. The van der Waals surface area contributed by atoms with Gasteiger partial charge in [0, 0.05) is 31.6 Å². The second kappa shape index (κ2) is 22.0. The smallest absolute Gasteiger partial charge is 0.417 e. The predicted molar refractivity (Wildman–Crippen MR) is 210 cm³/mol. The zero-order chi connectivity index (χ0) is 37.3. The number of aliphatic hydroxyl groups is 2. The molecule has 4 aromatic rings. The normalized spacial score (nSPS) is 15.0. The van der Waals surface area contributed by atoms with Gasteiger partial charge in [-0.3, -0.25) is 0 Å². The van der Waals surface area contributed by atoms with Gasteiger partial charge in [-0.15, -0.1) is 22.7 Å². The third kappa shape index (κ3) is 14.2. The van der Waals surface area contributed by atoms with Gasteiger partial charge in [0.1, 0.15) is 0 Å². The van der Waals surface area contributed by atoms with Crippen LogP contribution in [0.1, 0.15) is 120 Å². The Hall–Kier alpha value is -3.38. The lowest BCUT2D eigenvalue weighted by atomic mass is 10.0. The van der Waals surface area contributed by atoms with Gasteiger partial charge in [0.15, 0.2) is 0 Å². The molecule has 0 fully saturated rings. The summed E-state index contributed by atoms with van der Waals surface area (Å²) in [4.78, 5) is 28.5. The van der Waals surface area contributed by atoms with Crippen LogP contribution in [0.4, 0.5) is 0 Å². The van der Waals surface area contributed by atoms with Crippen molar-refractivity contribution in [3.63, 3.8) is 0 Å². The van der Waals surface area contributed by atoms with Crippen molar-refractivity contribution in [2.24, 2.45) is 23.3 Å². The zero-order valence-corrected chi connectivity index (χ0v) is 32.2. The first kappa shape index (κ1) is 41.4. The fourth-order valence-corrected chi connectivity index (χ4v) is 8.28. The highest BCUT2D eigenvalue weighted by atomic mass is 32.1. The topological polar surface area (TPSA) is 145 Å². The van der Waals surface area contributed by atoms with E-state index >= 15 is 0 Å². The number of ether oxygens (including phenoxy) is 2. The molecule has 4 rings (SSSR count). The van der Waals surface area contributed by atoms with Crippen LogP contribution in [-0.4, -0.2) is 35.4 Å². The van der Waals surface area contributed by atoms with Gasteiger partial charge in [0.05, 0.1) is 25.4 Å². The maximum atomic E-state index is 12.4. The first-order valence-electron chi connectivity index (χ1n) is 18.6. The summed E-state index contributed by atoms with van der Waals surface area (Å²) in [5.74, 6) is -2.21. The number of rotatable bonds is 22. The number of hydrogen-bond donors (Lipinski definition) is 4. The first-order chi connectivity index (χ1) is 25.1. The maximum Gasteiger partial charge on any atom is 0.417 e. The molecule has 6 atom stereocenters. The lowest BCUT2D eigenvalue weighted by molar-refractivity contribution is -0.169. The summed E-state index contributed by atoms with van der Waals surface area (Å²) in [6.07, 6.45) is 7.41. The molecule has 2 aromatic carbocycles. The van der Waals surface area contributed by atoms with Crippen molar-refractivity contribution in [3.8, 4) is 0 Å². The van der Waals surface area contributed by atoms with Gasteiger partial charge >= 0.3 is 11.9 Å². The summed E-state index contributed by atoms with van der Waals surface area (Å²) >= 11 is 3.03. The van der Waals surface area contributed by atoms with E-state index < -0.39 is 24.1 Å². The average molecular weight is 749 g/mol. The molecule has 0 spiro atoms. The van der Waals surface area contributed by atoms with Crippen LogP contribution in [0.3, 0.4) is 0 Å². The van der Waals surface area contributed by atoms with Crippen molar-refractivity contribution < 1.29 is 29.3 Å². The van der Waals surface area contributed by atoms with Gasteiger partial charge in [0.2, 0.25) is 0 Å². The molecule has 0 saturated carbocycles. The summed E-state index contributed by atoms with van der Waals surface area (Å²) in [5, 5.41) is 21.4. The highest BCUT2D eigenvalue weighted by molar-refractivity contribution is 7.12. The molecule has 6 N–H and O–H groups in total. The summed E-state index contributed by atoms with van der Waals surface area (Å²) in [6.45, 7) is 3.92. The van der Waals surface area contributed by atoms with E-state index in [1.54, 1.807) is 0 Å². The summed E-state index contributed by atoms with van der Waals surface area (Å²) < 4.78 is 10.5. The molecule has 2 heterocycles. The first-order valence-corrected chi connectivity index (χ1v) is 20.2. The Balaban J connectivity index is 1.08. The number of hydrogen-bond acceptors (Lipinski definition) is 10. The maximum absolute atomic E-state index is 12.4. The third-order valence-electron chi connectivity index (χ3n) is 9.23. The molecule has 8 nitrogen and oxygen atoms in total. The summed E-state index contributed by atoms with van der Waals surface area (Å²) in [6, 6.07) is 28.0. The minimum absolute atomic E-state index is 0.0456. The molecule has 0 aliphatic heterocycles. The van der Waals surface area contributed by atoms with Crippen molar-refractivity contribution >= 4 is 34.6 Å². The number of aryl methyl sites for hydroxylation is 2. The SMILES string of the molecule is C[C@@H](COC(=O)C(=O)OC[C@H](C)CC(N)c1ccc(C(O)CCCCc2ccccc2)s1)CC(N)c1ccc(C(O)CCCCc2ccccc2)s1. The minimum Gasteiger partial charge on any atom is -0.457 e. The fraction of sp³-hybridized carbons (Fsp3) is 0.476. The Morgan fingerprint density at radius 2 is 0.942 bits per heavy atom. The molecule has 0 aliphatic rings. The number of thiophene rings is 2. The van der Waals surface area contributed by atoms with E-state index in [1.807, 2.05) is 74.5 Å². The molecule has 0 amide bonds. The Bertz CT molecular complexity index is 1490. The van der Waals surface area contributed by atoms with E-state index in [0.29, 0.717) is 25.7 Å². The molecule has 0 saturated heterocycles. The van der Waals surface area contributed by atoms with Crippen molar-refractivity contribution in [1.82, 2.24) is 0 Å². The molecular formula is C42H56N2O6S2. The van der Waals surface area contributed by atoms with E-state index in [-0.39, 0.29) is 37.1 Å². The highest BCUT2D eigenvalue weighted by Crippen LogP contribution is 2.33. The van der Waals surface area contributed by atoms with Gasteiger partial charge in [-0.1, -0.05) is 87.4 Å². The van der Waals surface area contributed by atoms with Crippen molar-refractivity contribution in [2.75, 3.05) is 13.2 Å². The third-order valence-corrected chi connectivity index (χ3v) is 11.9. The highest BCUT2D eigenvalue weighted by Gasteiger charge is 2.23. The van der Waals surface area contributed by atoms with E-state index in [9.17, 15) is 19.8 Å². The number of esters is 2. The number of unbranched alkanes of at least 4 members (excludes halogenated alkanes) is 2. The van der Waals surface area contributed by atoms with Crippen molar-refractivity contribution in [1.29, 1.82) is 0 Å². The molecule has 0 radical (unpaired) electrons. The van der Waals surface area contributed by atoms with Gasteiger partial charge < -0.3 is 31.2 Å². The molecule has 52 heavy (non-hydrogen) atoms. The van der Waals surface area contributed by atoms with Gasteiger partial charge in [-0.25, -0.2) is 9.59 Å². The van der Waals surface area contributed by atoms with Crippen LogP contribution in [0.25, 0.3) is 0 Å². The molecule has 0 bridgehead atoms. The van der Waals surface area contributed by atoms with Crippen LogP contribution < -0.4 is 11.5 Å². The molecule has 282 valence electrons. The van der Waals surface area contributed by atoms with Gasteiger partial charge in [-0.2, -0.15) is 0 Å². The average Bonchev–Trinajstić information content (AvgIpc) is 3.86. The van der Waals surface area contributed by atoms with Crippen LogP contribution >= 0.6 is 22.7 Å². The lowest BCUT2D eigenvalue weighted by Crippen LogP contribution is -2.26. The van der Waals surface area contributed by atoms with Crippen LogP contribution in [0, 0.1) is 11.8 Å². The van der Waals surface area contributed by atoms with Crippen molar-refractivity contribution in [3.05, 3.63) is 116 Å². The zero-order valence-electron chi connectivity index (χ0n) is 30.5. The standard InChI is InChI=1S/C42H56N2O6S2/c1-29(25-33(43)37-21-23-39(51-37)35(45)19-11-9-17-31-13-5-3-6-14-31)27-49-41(47)42(48)50-28-30(2)26-34(44)38-22-24-40(52-38)36(46)20-12-10-18-32-15-7-4-8-16-32/h3-8,13-16,21-24,29-30,33-36,45-46H,9-12,17-20,25-28,43-44H2,1-2H3/t29-,30-,33?,34?,35?,36?/m1/s1. The number of carbonyl (C=O) groups excluding carboxylic acids is 2. The van der Waals surface area contributed by atoms with Crippen LogP contribution in [0.5, 0.6) is 0 Å². The van der Waals surface area contributed by atoms with E-state index in [0.717, 1.165) is 58.0 Å². The Kier molecular flexibility index (Phi) is 17.5. The molecule has 2 aromatic heterocycles. The predicted octanol–water partition coefficient (Wildman–Crippen LogP) is 8.54. The van der Waals surface area contributed by atoms with E-state index in [1.165, 1.54) is 33.8 Å². The fourth-order valence-electron chi connectivity index (χ4n) is 6.19. The van der Waals surface area contributed by atoms with Crippen LogP contribution in [-0.2, 0) is 31.9 Å². The van der Waals surface area contributed by atoms with Crippen LogP contribution in [0.2, 0.25) is 0 Å².